The number of amides is 1. The van der Waals surface area contributed by atoms with Crippen LogP contribution in [-0.4, -0.2) is 37.2 Å². The average molecular weight is 520 g/mol. The maximum Gasteiger partial charge on any atom is 0.265 e. The number of hydrogen-bond donors (Lipinski definition) is 3. The van der Waals surface area contributed by atoms with Crippen LogP contribution in [0.3, 0.4) is 0 Å². The van der Waals surface area contributed by atoms with Crippen molar-refractivity contribution in [1.29, 1.82) is 0 Å². The van der Waals surface area contributed by atoms with Crippen molar-refractivity contribution in [2.24, 2.45) is 0 Å². The molecule has 1 aliphatic carbocycles. The summed E-state index contributed by atoms with van der Waals surface area (Å²) in [6.07, 6.45) is 2.66. The average Bonchev–Trinajstić information content (AvgIpc) is 3.20. The van der Waals surface area contributed by atoms with Gasteiger partial charge in [0.2, 0.25) is 0 Å². The zero-order chi connectivity index (χ0) is 25.2. The van der Waals surface area contributed by atoms with Gasteiger partial charge in [-0.25, -0.2) is 17.8 Å². The van der Waals surface area contributed by atoms with Gasteiger partial charge in [0.25, 0.3) is 15.9 Å². The van der Waals surface area contributed by atoms with Crippen LogP contribution in [0, 0.1) is 6.92 Å². The van der Waals surface area contributed by atoms with Gasteiger partial charge in [-0.3, -0.25) is 14.8 Å². The van der Waals surface area contributed by atoms with E-state index in [0.29, 0.717) is 29.0 Å². The van der Waals surface area contributed by atoms with Crippen LogP contribution in [-0.2, 0) is 14.8 Å². The van der Waals surface area contributed by atoms with E-state index in [1.54, 1.807) is 13.0 Å². The van der Waals surface area contributed by atoms with Crippen LogP contribution in [0.15, 0.2) is 47.4 Å². The van der Waals surface area contributed by atoms with Gasteiger partial charge in [0, 0.05) is 5.69 Å². The number of rotatable bonds is 7. The molecule has 4 rings (SSSR count). The van der Waals surface area contributed by atoms with Crippen molar-refractivity contribution in [2.75, 3.05) is 17.1 Å². The van der Waals surface area contributed by atoms with Gasteiger partial charge in [-0.2, -0.15) is 0 Å². The fourth-order valence-electron chi connectivity index (χ4n) is 4.03. The Morgan fingerprint density at radius 1 is 1.14 bits per heavy atom. The van der Waals surface area contributed by atoms with E-state index >= 15 is 4.39 Å². The van der Waals surface area contributed by atoms with E-state index in [0.717, 1.165) is 17.8 Å². The Balaban J connectivity index is 1.62. The summed E-state index contributed by atoms with van der Waals surface area (Å²) in [6.45, 7) is 1.74. The number of thiazole rings is 1. The second-order valence-corrected chi connectivity index (χ2v) is 11.1. The van der Waals surface area contributed by atoms with Crippen molar-refractivity contribution in [3.63, 3.8) is 0 Å². The highest BCUT2D eigenvalue weighted by atomic mass is 32.2. The third kappa shape index (κ3) is 5.40. The minimum Gasteiger partial charge on any atom is -0.508 e. The summed E-state index contributed by atoms with van der Waals surface area (Å²) in [5.41, 5.74) is -0.488. The van der Waals surface area contributed by atoms with Gasteiger partial charge in [0.05, 0.1) is 17.7 Å². The molecule has 0 atom stereocenters. The quantitative estimate of drug-likeness (QED) is 0.367. The predicted molar refractivity (Wildman–Crippen MR) is 133 cm³/mol. The number of anilines is 2. The molecular formula is C24H26FN3O5S2. The number of nitrogens with zero attached hydrogens (tertiary/aromatic N) is 1. The molecule has 1 aliphatic rings. The van der Waals surface area contributed by atoms with E-state index in [4.69, 9.17) is 4.74 Å². The number of nitrogens with one attached hydrogen (secondary N) is 2. The zero-order valence-electron chi connectivity index (χ0n) is 19.3. The Bertz CT molecular complexity index is 1330. The summed E-state index contributed by atoms with van der Waals surface area (Å²) in [5.74, 6) is -0.528. The number of ether oxygens (including phenoxy) is 1. The number of aromatic nitrogens is 1. The van der Waals surface area contributed by atoms with Crippen LogP contribution in [0.2, 0.25) is 0 Å². The number of benzene rings is 2. The lowest BCUT2D eigenvalue weighted by molar-refractivity contribution is -0.129. The van der Waals surface area contributed by atoms with Crippen LogP contribution >= 0.6 is 11.3 Å². The maximum atomic E-state index is 15.0. The first-order valence-corrected chi connectivity index (χ1v) is 13.4. The first kappa shape index (κ1) is 24.9. The number of methoxy groups -OCH3 is 1. The summed E-state index contributed by atoms with van der Waals surface area (Å²) < 4.78 is 49.0. The van der Waals surface area contributed by atoms with Gasteiger partial charge >= 0.3 is 0 Å². The molecule has 0 aliphatic heterocycles. The third-order valence-corrected chi connectivity index (χ3v) is 8.43. The molecule has 0 radical (unpaired) electrons. The molecule has 1 aromatic heterocycles. The van der Waals surface area contributed by atoms with Crippen LogP contribution in [0.5, 0.6) is 11.5 Å². The number of hydrogen-bond acceptors (Lipinski definition) is 7. The number of alkyl halides is 1. The lowest BCUT2D eigenvalue weighted by atomic mass is 9.86. The lowest BCUT2D eigenvalue weighted by Crippen LogP contribution is -2.40. The van der Waals surface area contributed by atoms with Crippen molar-refractivity contribution >= 4 is 38.1 Å². The smallest absolute Gasteiger partial charge is 0.265 e. The van der Waals surface area contributed by atoms with Crippen LogP contribution < -0.4 is 14.8 Å². The largest absolute Gasteiger partial charge is 0.508 e. The summed E-state index contributed by atoms with van der Waals surface area (Å²) in [6, 6.07) is 10.3. The van der Waals surface area contributed by atoms with E-state index in [2.05, 4.69) is 15.0 Å². The normalized spacial score (nSPS) is 15.4. The summed E-state index contributed by atoms with van der Waals surface area (Å²) in [4.78, 5) is 17.5. The lowest BCUT2D eigenvalue weighted by Gasteiger charge is -2.27. The molecule has 3 N–H and O–H groups in total. The maximum absolute atomic E-state index is 15.0. The topological polar surface area (TPSA) is 118 Å². The molecule has 1 heterocycles. The molecule has 3 aromatic rings. The Labute approximate surface area is 207 Å². The molecule has 0 spiro atoms. The Hall–Kier alpha value is -3.18. The van der Waals surface area contributed by atoms with Gasteiger partial charge in [0.15, 0.2) is 10.8 Å². The molecule has 0 unspecified atom stereocenters. The number of aryl methyl sites for hydroxylation is 1. The SMILES string of the molecule is COc1ccc(-c2sc(NC(=O)C3(F)CCCCC3)nc2C)cc1S(=O)(=O)Nc1ccc(O)cc1. The third-order valence-electron chi connectivity index (χ3n) is 5.90. The molecule has 11 heteroatoms. The molecule has 1 amide bonds. The van der Waals surface area contributed by atoms with E-state index in [9.17, 15) is 18.3 Å². The zero-order valence-corrected chi connectivity index (χ0v) is 20.9. The first-order valence-electron chi connectivity index (χ1n) is 11.1. The Kier molecular flexibility index (Phi) is 7.00. The molecule has 0 saturated heterocycles. The van der Waals surface area contributed by atoms with Crippen molar-refractivity contribution in [3.05, 3.63) is 48.2 Å². The van der Waals surface area contributed by atoms with Gasteiger partial charge in [-0.1, -0.05) is 17.8 Å². The van der Waals surface area contributed by atoms with Gasteiger partial charge in [0.1, 0.15) is 16.4 Å². The summed E-state index contributed by atoms with van der Waals surface area (Å²) >= 11 is 1.15. The fourth-order valence-corrected chi connectivity index (χ4v) is 6.25. The fraction of sp³-hybridized carbons (Fsp3) is 0.333. The molecule has 0 bridgehead atoms. The molecule has 186 valence electrons. The first-order chi connectivity index (χ1) is 16.6. The Morgan fingerprint density at radius 2 is 1.83 bits per heavy atom. The molecule has 8 nitrogen and oxygen atoms in total. The number of sulfonamides is 1. The second kappa shape index (κ2) is 9.82. The van der Waals surface area contributed by atoms with E-state index in [-0.39, 0.29) is 40.1 Å². The molecule has 1 saturated carbocycles. The van der Waals surface area contributed by atoms with Crippen molar-refractivity contribution in [2.45, 2.75) is 49.6 Å². The van der Waals surface area contributed by atoms with Crippen LogP contribution in [0.1, 0.15) is 37.8 Å². The highest BCUT2D eigenvalue weighted by Crippen LogP contribution is 2.38. The predicted octanol–water partition coefficient (Wildman–Crippen LogP) is 5.24. The standard InChI is InChI=1S/C24H26FN3O5S2/c1-15-21(34-23(26-15)27-22(30)24(25)12-4-3-5-13-24)16-6-11-19(33-2)20(14-16)35(31,32)28-17-7-9-18(29)10-8-17/h6-11,14,28-29H,3-5,12-13H2,1-2H3,(H,26,27,30). The molecule has 35 heavy (non-hydrogen) atoms. The summed E-state index contributed by atoms with van der Waals surface area (Å²) in [7, 11) is -2.67. The van der Waals surface area contributed by atoms with Gasteiger partial charge in [-0.05, 0) is 80.6 Å². The number of phenols is 1. The summed E-state index contributed by atoms with van der Waals surface area (Å²) in [5, 5.41) is 12.3. The minimum atomic E-state index is -4.04. The number of carbonyl (C=O) groups excluding carboxylic acids is 1. The molecular weight excluding hydrogens is 493 g/mol. The van der Waals surface area contributed by atoms with E-state index < -0.39 is 21.6 Å². The highest BCUT2D eigenvalue weighted by Gasteiger charge is 2.40. The van der Waals surface area contributed by atoms with Crippen molar-refractivity contribution in [1.82, 2.24) is 4.98 Å². The monoisotopic (exact) mass is 519 g/mol. The molecule has 2 aromatic carbocycles. The number of carbonyl (C=O) groups is 1. The van der Waals surface area contributed by atoms with Crippen LogP contribution in [0.25, 0.3) is 10.4 Å². The van der Waals surface area contributed by atoms with Gasteiger partial charge in [-0.15, -0.1) is 0 Å². The number of phenolic OH excluding ortho intramolecular Hbond substituents is 1. The van der Waals surface area contributed by atoms with Gasteiger partial charge < -0.3 is 9.84 Å². The van der Waals surface area contributed by atoms with Crippen molar-refractivity contribution < 1.29 is 27.4 Å². The highest BCUT2D eigenvalue weighted by molar-refractivity contribution is 7.92. The minimum absolute atomic E-state index is 0.0123. The van der Waals surface area contributed by atoms with E-state index in [1.807, 2.05) is 0 Å². The number of halogens is 1. The van der Waals surface area contributed by atoms with E-state index in [1.165, 1.54) is 43.5 Å². The van der Waals surface area contributed by atoms with Crippen LogP contribution in [0.4, 0.5) is 15.2 Å². The number of aromatic hydroxyl groups is 1. The van der Waals surface area contributed by atoms with Crippen molar-refractivity contribution in [3.8, 4) is 21.9 Å². The second-order valence-electron chi connectivity index (χ2n) is 8.43. The molecule has 1 fully saturated rings. The Morgan fingerprint density at radius 3 is 2.49 bits per heavy atom.